The zero-order valence-electron chi connectivity index (χ0n) is 17.5. The zero-order chi connectivity index (χ0) is 20.9. The van der Waals surface area contributed by atoms with Gasteiger partial charge in [-0.25, -0.2) is 9.97 Å². The number of hydrogen-bond acceptors (Lipinski definition) is 6. The maximum atomic E-state index is 11.8. The van der Waals surface area contributed by atoms with Gasteiger partial charge in [0.25, 0.3) is 5.56 Å². The van der Waals surface area contributed by atoms with E-state index in [0.29, 0.717) is 5.82 Å². The first kappa shape index (κ1) is 20.1. The smallest absolute Gasteiger partial charge is 0.251 e. The highest BCUT2D eigenvalue weighted by atomic mass is 16.5. The van der Waals surface area contributed by atoms with Crippen LogP contribution >= 0.6 is 0 Å². The molecule has 2 aromatic heterocycles. The van der Waals surface area contributed by atoms with Gasteiger partial charge < -0.3 is 14.6 Å². The number of nitrogens with zero attached hydrogens (tertiary/aromatic N) is 4. The molecule has 0 spiro atoms. The van der Waals surface area contributed by atoms with Crippen molar-refractivity contribution in [2.24, 2.45) is 0 Å². The number of para-hydroxylation sites is 1. The summed E-state index contributed by atoms with van der Waals surface area (Å²) in [7, 11) is 1.72. The molecule has 0 unspecified atom stereocenters. The monoisotopic (exact) mass is 405 g/mol. The fourth-order valence-corrected chi connectivity index (χ4v) is 3.75. The highest BCUT2D eigenvalue weighted by Crippen LogP contribution is 2.22. The van der Waals surface area contributed by atoms with E-state index in [2.05, 4.69) is 36.9 Å². The molecule has 0 atom stereocenters. The van der Waals surface area contributed by atoms with Crippen LogP contribution in [0.15, 0.2) is 53.5 Å². The molecule has 0 radical (unpaired) electrons. The first-order valence-electron chi connectivity index (χ1n) is 10.3. The van der Waals surface area contributed by atoms with E-state index in [1.807, 2.05) is 31.2 Å². The normalized spacial score (nSPS) is 14.7. The molecular weight excluding hydrogens is 378 g/mol. The Balaban J connectivity index is 1.39. The van der Waals surface area contributed by atoms with Gasteiger partial charge in [0.1, 0.15) is 17.4 Å². The number of rotatable bonds is 6. The number of ether oxygens (including phenoxy) is 1. The standard InChI is InChI=1S/C23H27N5O2/c1-3-19-14-22(29)26-23(25-19)17-8-9-21(24-15-17)28-12-10-27(11-13-28)16-18-6-4-5-7-20(18)30-2/h4-9,14-15H,3,10-13,16H2,1-2H3,(H,25,26,29). The van der Waals surface area contributed by atoms with Gasteiger partial charge in [-0.2, -0.15) is 0 Å². The minimum absolute atomic E-state index is 0.132. The van der Waals surface area contributed by atoms with E-state index >= 15 is 0 Å². The van der Waals surface area contributed by atoms with Crippen LogP contribution in [0.5, 0.6) is 5.75 Å². The molecule has 4 rings (SSSR count). The summed E-state index contributed by atoms with van der Waals surface area (Å²) >= 11 is 0. The molecule has 1 aliphatic heterocycles. The van der Waals surface area contributed by atoms with E-state index in [0.717, 1.165) is 62.0 Å². The van der Waals surface area contributed by atoms with Gasteiger partial charge in [0.05, 0.1) is 7.11 Å². The maximum absolute atomic E-state index is 11.8. The average Bonchev–Trinajstić information content (AvgIpc) is 2.79. The third-order valence-electron chi connectivity index (χ3n) is 5.46. The Morgan fingerprint density at radius 2 is 1.90 bits per heavy atom. The molecule has 1 N–H and O–H groups in total. The molecule has 3 aromatic rings. The van der Waals surface area contributed by atoms with E-state index in [1.54, 1.807) is 13.3 Å². The van der Waals surface area contributed by atoms with Gasteiger partial charge in [0.15, 0.2) is 0 Å². The van der Waals surface area contributed by atoms with Crippen LogP contribution in [0.3, 0.4) is 0 Å². The summed E-state index contributed by atoms with van der Waals surface area (Å²) in [6, 6.07) is 13.7. The van der Waals surface area contributed by atoms with Crippen molar-refractivity contribution in [2.75, 3.05) is 38.2 Å². The molecule has 1 fully saturated rings. The number of hydrogen-bond donors (Lipinski definition) is 1. The van der Waals surface area contributed by atoms with Gasteiger partial charge in [0, 0.05) is 61.8 Å². The molecule has 30 heavy (non-hydrogen) atoms. The third-order valence-corrected chi connectivity index (χ3v) is 5.46. The van der Waals surface area contributed by atoms with Crippen molar-refractivity contribution in [3.8, 4) is 17.1 Å². The van der Waals surface area contributed by atoms with Crippen molar-refractivity contribution in [1.82, 2.24) is 19.9 Å². The molecule has 3 heterocycles. The van der Waals surface area contributed by atoms with Crippen molar-refractivity contribution in [1.29, 1.82) is 0 Å². The van der Waals surface area contributed by atoms with Crippen molar-refractivity contribution in [2.45, 2.75) is 19.9 Å². The van der Waals surface area contributed by atoms with Gasteiger partial charge in [-0.3, -0.25) is 9.69 Å². The predicted molar refractivity (Wildman–Crippen MR) is 118 cm³/mol. The highest BCUT2D eigenvalue weighted by molar-refractivity contribution is 5.56. The summed E-state index contributed by atoms with van der Waals surface area (Å²) in [5, 5.41) is 0. The quantitative estimate of drug-likeness (QED) is 0.680. The van der Waals surface area contributed by atoms with Crippen LogP contribution in [0, 0.1) is 0 Å². The second-order valence-electron chi connectivity index (χ2n) is 7.42. The summed E-state index contributed by atoms with van der Waals surface area (Å²) in [6.45, 7) is 6.64. The van der Waals surface area contributed by atoms with Gasteiger partial charge in [-0.05, 0) is 24.6 Å². The van der Waals surface area contributed by atoms with E-state index in [1.165, 1.54) is 11.6 Å². The third kappa shape index (κ3) is 4.52. The van der Waals surface area contributed by atoms with Crippen molar-refractivity contribution in [3.05, 3.63) is 70.3 Å². The Morgan fingerprint density at radius 3 is 2.60 bits per heavy atom. The molecule has 0 bridgehead atoms. The number of nitrogens with one attached hydrogen (secondary N) is 1. The Hall–Kier alpha value is -3.19. The lowest BCUT2D eigenvalue weighted by Crippen LogP contribution is -2.46. The Morgan fingerprint density at radius 1 is 1.10 bits per heavy atom. The maximum Gasteiger partial charge on any atom is 0.251 e. The number of aryl methyl sites for hydroxylation is 1. The molecule has 1 aliphatic rings. The molecule has 156 valence electrons. The van der Waals surface area contributed by atoms with Crippen molar-refractivity contribution in [3.63, 3.8) is 0 Å². The van der Waals surface area contributed by atoms with E-state index in [9.17, 15) is 4.79 Å². The van der Waals surface area contributed by atoms with Crippen LogP contribution in [0.4, 0.5) is 5.82 Å². The number of aromatic nitrogens is 3. The van der Waals surface area contributed by atoms with Gasteiger partial charge in [-0.1, -0.05) is 25.1 Å². The minimum Gasteiger partial charge on any atom is -0.496 e. The number of methoxy groups -OCH3 is 1. The summed E-state index contributed by atoms with van der Waals surface area (Å²) in [6.07, 6.45) is 2.51. The van der Waals surface area contributed by atoms with E-state index in [-0.39, 0.29) is 5.56 Å². The first-order valence-corrected chi connectivity index (χ1v) is 10.3. The van der Waals surface area contributed by atoms with Crippen LogP contribution in [0.2, 0.25) is 0 Å². The van der Waals surface area contributed by atoms with Gasteiger partial charge >= 0.3 is 0 Å². The van der Waals surface area contributed by atoms with Crippen LogP contribution in [0.1, 0.15) is 18.2 Å². The lowest BCUT2D eigenvalue weighted by molar-refractivity contribution is 0.245. The average molecular weight is 406 g/mol. The fraction of sp³-hybridized carbons (Fsp3) is 0.348. The summed E-state index contributed by atoms with van der Waals surface area (Å²) in [5.74, 6) is 2.46. The van der Waals surface area contributed by atoms with Gasteiger partial charge in [0.2, 0.25) is 0 Å². The van der Waals surface area contributed by atoms with Crippen LogP contribution in [0.25, 0.3) is 11.4 Å². The number of piperazine rings is 1. The second-order valence-corrected chi connectivity index (χ2v) is 7.42. The number of anilines is 1. The lowest BCUT2D eigenvalue weighted by atomic mass is 10.1. The molecule has 0 aliphatic carbocycles. The van der Waals surface area contributed by atoms with E-state index in [4.69, 9.17) is 4.74 Å². The molecule has 1 saturated heterocycles. The van der Waals surface area contributed by atoms with Crippen LogP contribution < -0.4 is 15.2 Å². The SMILES string of the molecule is CCc1cc(=O)[nH]c(-c2ccc(N3CCN(Cc4ccccc4OC)CC3)nc2)n1. The highest BCUT2D eigenvalue weighted by Gasteiger charge is 2.19. The van der Waals surface area contributed by atoms with Gasteiger partial charge in [-0.15, -0.1) is 0 Å². The Kier molecular flexibility index (Phi) is 6.09. The van der Waals surface area contributed by atoms with Crippen molar-refractivity contribution >= 4 is 5.82 Å². The summed E-state index contributed by atoms with van der Waals surface area (Å²) < 4.78 is 5.47. The number of H-pyrrole nitrogens is 1. The topological polar surface area (TPSA) is 74.4 Å². The summed E-state index contributed by atoms with van der Waals surface area (Å²) in [4.78, 5) is 28.5. The number of pyridine rings is 1. The lowest BCUT2D eigenvalue weighted by Gasteiger charge is -2.35. The fourth-order valence-electron chi connectivity index (χ4n) is 3.75. The Labute approximate surface area is 176 Å². The number of benzene rings is 1. The molecular formula is C23H27N5O2. The molecule has 0 amide bonds. The predicted octanol–water partition coefficient (Wildman–Crippen LogP) is 2.73. The zero-order valence-corrected chi connectivity index (χ0v) is 17.5. The van der Waals surface area contributed by atoms with Crippen LogP contribution in [-0.2, 0) is 13.0 Å². The minimum atomic E-state index is -0.132. The molecule has 7 nitrogen and oxygen atoms in total. The Bertz CT molecular complexity index is 1040. The largest absolute Gasteiger partial charge is 0.496 e. The molecule has 7 heteroatoms. The number of aromatic amines is 1. The van der Waals surface area contributed by atoms with Crippen molar-refractivity contribution < 1.29 is 4.74 Å². The van der Waals surface area contributed by atoms with Crippen LogP contribution in [-0.4, -0.2) is 53.1 Å². The van der Waals surface area contributed by atoms with E-state index < -0.39 is 0 Å². The molecule has 1 aromatic carbocycles. The second kappa shape index (κ2) is 9.09. The first-order chi connectivity index (χ1) is 14.7. The molecule has 0 saturated carbocycles. The summed E-state index contributed by atoms with van der Waals surface area (Å²) in [5.41, 5.74) is 2.68.